The Balaban J connectivity index is 1.45. The van der Waals surface area contributed by atoms with Crippen LogP contribution in [0.4, 0.5) is 9.93 Å². The third-order valence-electron chi connectivity index (χ3n) is 4.24. The van der Waals surface area contributed by atoms with Crippen LogP contribution in [0.1, 0.15) is 24.1 Å². The van der Waals surface area contributed by atoms with E-state index >= 15 is 0 Å². The number of unbranched alkanes of at least 4 members (excludes halogenated alkanes) is 2. The number of hydrogen-bond donors (Lipinski definition) is 2. The number of fused-ring (bicyclic) bond motifs is 3. The largest absolute Gasteiger partial charge is 0.361 e. The standard InChI is InChI=1S/C19H26N4OS2/c1-23(2)19(24)21-12-7-3-6-11-20-18-22-17-14-8-4-5-9-15(14)25-13-10-16(17)26-18/h4-5,8-9H,3,6-7,10-13H2,1-2H3,(H,20,22)(H,21,24). The molecule has 3 rings (SSSR count). The van der Waals surface area contributed by atoms with Crippen molar-refractivity contribution in [2.75, 3.05) is 38.3 Å². The van der Waals surface area contributed by atoms with Crippen molar-refractivity contribution in [2.45, 2.75) is 30.6 Å². The first-order valence-corrected chi connectivity index (χ1v) is 10.9. The zero-order valence-electron chi connectivity index (χ0n) is 15.4. The highest BCUT2D eigenvalue weighted by molar-refractivity contribution is 7.99. The van der Waals surface area contributed by atoms with Crippen LogP contribution in [0.15, 0.2) is 29.2 Å². The van der Waals surface area contributed by atoms with Gasteiger partial charge in [-0.05, 0) is 31.7 Å². The van der Waals surface area contributed by atoms with Crippen molar-refractivity contribution in [3.8, 4) is 11.3 Å². The van der Waals surface area contributed by atoms with E-state index in [1.807, 2.05) is 11.8 Å². The van der Waals surface area contributed by atoms with Gasteiger partial charge in [0.2, 0.25) is 0 Å². The van der Waals surface area contributed by atoms with Gasteiger partial charge in [-0.25, -0.2) is 9.78 Å². The second kappa shape index (κ2) is 9.28. The van der Waals surface area contributed by atoms with Crippen molar-refractivity contribution in [2.24, 2.45) is 0 Å². The molecule has 1 aliphatic heterocycles. The van der Waals surface area contributed by atoms with Gasteiger partial charge < -0.3 is 15.5 Å². The van der Waals surface area contributed by atoms with Crippen LogP contribution in [0.2, 0.25) is 0 Å². The molecular formula is C19H26N4OS2. The fourth-order valence-corrected chi connectivity index (χ4v) is 4.98. The molecule has 0 radical (unpaired) electrons. The Labute approximate surface area is 163 Å². The number of aromatic nitrogens is 1. The number of urea groups is 1. The molecule has 7 heteroatoms. The molecule has 0 aliphatic carbocycles. The van der Waals surface area contributed by atoms with Gasteiger partial charge in [-0.2, -0.15) is 0 Å². The van der Waals surface area contributed by atoms with E-state index in [-0.39, 0.29) is 6.03 Å². The van der Waals surface area contributed by atoms with Crippen molar-refractivity contribution in [1.29, 1.82) is 0 Å². The van der Waals surface area contributed by atoms with E-state index < -0.39 is 0 Å². The number of nitrogens with zero attached hydrogens (tertiary/aromatic N) is 2. The number of nitrogens with one attached hydrogen (secondary N) is 2. The zero-order chi connectivity index (χ0) is 18.4. The molecule has 1 aliphatic rings. The van der Waals surface area contributed by atoms with E-state index in [0.29, 0.717) is 0 Å². The van der Waals surface area contributed by atoms with E-state index in [4.69, 9.17) is 4.98 Å². The summed E-state index contributed by atoms with van der Waals surface area (Å²) in [5.74, 6) is 1.12. The van der Waals surface area contributed by atoms with Gasteiger partial charge in [0.1, 0.15) is 0 Å². The summed E-state index contributed by atoms with van der Waals surface area (Å²) >= 11 is 3.71. The molecule has 5 nitrogen and oxygen atoms in total. The maximum absolute atomic E-state index is 11.4. The van der Waals surface area contributed by atoms with Gasteiger partial charge in [-0.15, -0.1) is 23.1 Å². The molecule has 2 amide bonds. The number of amides is 2. The third kappa shape index (κ3) is 4.92. The van der Waals surface area contributed by atoms with Crippen molar-refractivity contribution in [3.05, 3.63) is 29.1 Å². The Bertz CT molecular complexity index is 745. The van der Waals surface area contributed by atoms with Crippen LogP contribution in [0.25, 0.3) is 11.3 Å². The summed E-state index contributed by atoms with van der Waals surface area (Å²) < 4.78 is 0. The number of carbonyl (C=O) groups excluding carboxylic acids is 1. The van der Waals surface area contributed by atoms with Gasteiger partial charge in [0.05, 0.1) is 5.69 Å². The van der Waals surface area contributed by atoms with Crippen molar-refractivity contribution >= 4 is 34.3 Å². The molecular weight excluding hydrogens is 364 g/mol. The average Bonchev–Trinajstić information content (AvgIpc) is 2.96. The molecule has 1 aromatic heterocycles. The summed E-state index contributed by atoms with van der Waals surface area (Å²) in [4.78, 5) is 20.6. The summed E-state index contributed by atoms with van der Waals surface area (Å²) in [6.07, 6.45) is 4.25. The molecule has 1 aromatic carbocycles. The Morgan fingerprint density at radius 2 is 2.00 bits per heavy atom. The third-order valence-corrected chi connectivity index (χ3v) is 6.39. The van der Waals surface area contributed by atoms with Crippen LogP contribution in [-0.2, 0) is 6.42 Å². The van der Waals surface area contributed by atoms with Gasteiger partial charge in [0.15, 0.2) is 5.13 Å². The van der Waals surface area contributed by atoms with E-state index in [1.165, 1.54) is 15.3 Å². The monoisotopic (exact) mass is 390 g/mol. The summed E-state index contributed by atoms with van der Waals surface area (Å²) in [5, 5.41) is 7.39. The van der Waals surface area contributed by atoms with E-state index in [2.05, 4.69) is 34.9 Å². The Morgan fingerprint density at radius 1 is 1.19 bits per heavy atom. The number of benzene rings is 1. The number of hydrogen-bond acceptors (Lipinski definition) is 5. The van der Waals surface area contributed by atoms with E-state index in [9.17, 15) is 4.79 Å². The SMILES string of the molecule is CN(C)C(=O)NCCCCCNc1nc2c(s1)CCSc1ccccc1-2. The lowest BCUT2D eigenvalue weighted by atomic mass is 10.1. The predicted molar refractivity (Wildman–Crippen MR) is 111 cm³/mol. The van der Waals surface area contributed by atoms with Crippen molar-refractivity contribution in [1.82, 2.24) is 15.2 Å². The maximum atomic E-state index is 11.4. The first kappa shape index (κ1) is 19.0. The predicted octanol–water partition coefficient (Wildman–Crippen LogP) is 4.31. The number of anilines is 1. The zero-order valence-corrected chi connectivity index (χ0v) is 17.0. The number of aryl methyl sites for hydroxylation is 1. The Hall–Kier alpha value is -1.73. The van der Waals surface area contributed by atoms with Crippen LogP contribution < -0.4 is 10.6 Å². The minimum Gasteiger partial charge on any atom is -0.361 e. The lowest BCUT2D eigenvalue weighted by Gasteiger charge is -2.11. The molecule has 0 spiro atoms. The average molecular weight is 391 g/mol. The molecule has 2 N–H and O–H groups in total. The lowest BCUT2D eigenvalue weighted by Crippen LogP contribution is -2.34. The van der Waals surface area contributed by atoms with Crippen LogP contribution in [-0.4, -0.2) is 48.9 Å². The fraction of sp³-hybridized carbons (Fsp3) is 0.474. The molecule has 26 heavy (non-hydrogen) atoms. The molecule has 0 fully saturated rings. The fourth-order valence-electron chi connectivity index (χ4n) is 2.82. The highest BCUT2D eigenvalue weighted by atomic mass is 32.2. The number of thioether (sulfide) groups is 1. The second-order valence-electron chi connectivity index (χ2n) is 6.50. The molecule has 0 saturated carbocycles. The topological polar surface area (TPSA) is 57.3 Å². The highest BCUT2D eigenvalue weighted by Gasteiger charge is 2.19. The minimum atomic E-state index is -0.0224. The van der Waals surface area contributed by atoms with Crippen molar-refractivity contribution in [3.63, 3.8) is 0 Å². The molecule has 2 aromatic rings. The maximum Gasteiger partial charge on any atom is 0.316 e. The van der Waals surface area contributed by atoms with Crippen LogP contribution in [0.3, 0.4) is 0 Å². The number of thiazole rings is 1. The van der Waals surface area contributed by atoms with Gasteiger partial charge in [-0.3, -0.25) is 0 Å². The molecule has 2 heterocycles. The minimum absolute atomic E-state index is 0.0224. The lowest BCUT2D eigenvalue weighted by molar-refractivity contribution is 0.217. The molecule has 0 bridgehead atoms. The molecule has 0 atom stereocenters. The molecule has 0 saturated heterocycles. The first-order valence-electron chi connectivity index (χ1n) is 9.06. The Kier molecular flexibility index (Phi) is 6.80. The van der Waals surface area contributed by atoms with Gasteiger partial charge in [-0.1, -0.05) is 18.2 Å². The highest BCUT2D eigenvalue weighted by Crippen LogP contribution is 2.40. The van der Waals surface area contributed by atoms with Gasteiger partial charge in [0, 0.05) is 48.3 Å². The van der Waals surface area contributed by atoms with Crippen LogP contribution >= 0.6 is 23.1 Å². The van der Waals surface area contributed by atoms with Gasteiger partial charge in [0.25, 0.3) is 0 Å². The van der Waals surface area contributed by atoms with E-state index in [1.54, 1.807) is 30.3 Å². The smallest absolute Gasteiger partial charge is 0.316 e. The van der Waals surface area contributed by atoms with Gasteiger partial charge >= 0.3 is 6.03 Å². The van der Waals surface area contributed by atoms with Crippen molar-refractivity contribution < 1.29 is 4.79 Å². The number of rotatable bonds is 7. The molecule has 0 unspecified atom stereocenters. The van der Waals surface area contributed by atoms with Crippen LogP contribution in [0.5, 0.6) is 0 Å². The first-order chi connectivity index (χ1) is 12.6. The van der Waals surface area contributed by atoms with Crippen LogP contribution in [0, 0.1) is 0 Å². The quantitative estimate of drug-likeness (QED) is 0.692. The number of carbonyl (C=O) groups is 1. The molecule has 140 valence electrons. The summed E-state index contributed by atoms with van der Waals surface area (Å²) in [6, 6.07) is 8.54. The van der Waals surface area contributed by atoms with E-state index in [0.717, 1.165) is 55.4 Å². The summed E-state index contributed by atoms with van der Waals surface area (Å²) in [6.45, 7) is 1.65. The summed E-state index contributed by atoms with van der Waals surface area (Å²) in [7, 11) is 3.51. The second-order valence-corrected chi connectivity index (χ2v) is 8.72. The normalized spacial score (nSPS) is 12.7. The Morgan fingerprint density at radius 3 is 2.85 bits per heavy atom. The summed E-state index contributed by atoms with van der Waals surface area (Å²) in [5.41, 5.74) is 2.43.